The van der Waals surface area contributed by atoms with Crippen LogP contribution in [0.2, 0.25) is 5.02 Å². The second-order valence-electron chi connectivity index (χ2n) is 7.44. The number of rotatable bonds is 3. The number of piperidine rings is 1. The summed E-state index contributed by atoms with van der Waals surface area (Å²) in [6.07, 6.45) is 1.06. The number of piperazine rings is 1. The molecule has 0 N–H and O–H groups in total. The smallest absolute Gasteiger partial charge is 0.282 e. The number of carbonyl (C=O) groups is 1. The van der Waals surface area contributed by atoms with Crippen molar-refractivity contribution < 1.29 is 13.2 Å². The molecular weight excluding hydrogens is 374 g/mol. The molecule has 2 atom stereocenters. The van der Waals surface area contributed by atoms with E-state index in [2.05, 4.69) is 13.8 Å². The number of hydrogen-bond donors (Lipinski definition) is 0. The van der Waals surface area contributed by atoms with Crippen molar-refractivity contribution in [1.82, 2.24) is 13.5 Å². The Kier molecular flexibility index (Phi) is 5.91. The van der Waals surface area contributed by atoms with Gasteiger partial charge in [-0.05, 0) is 30.4 Å². The van der Waals surface area contributed by atoms with E-state index in [0.29, 0.717) is 61.7 Å². The Hall–Kier alpha value is -1.15. The zero-order chi connectivity index (χ0) is 18.9. The molecule has 2 saturated heterocycles. The highest BCUT2D eigenvalue weighted by atomic mass is 35.5. The van der Waals surface area contributed by atoms with Gasteiger partial charge in [-0.15, -0.1) is 0 Å². The fraction of sp³-hybridized carbons (Fsp3) is 0.611. The van der Waals surface area contributed by atoms with Crippen LogP contribution < -0.4 is 0 Å². The van der Waals surface area contributed by atoms with Gasteiger partial charge >= 0.3 is 0 Å². The average molecular weight is 400 g/mol. The summed E-state index contributed by atoms with van der Waals surface area (Å²) in [4.78, 5) is 14.3. The number of amides is 1. The molecule has 1 aromatic rings. The Morgan fingerprint density at radius 3 is 2.15 bits per heavy atom. The summed E-state index contributed by atoms with van der Waals surface area (Å²) in [7, 11) is -3.47. The lowest BCUT2D eigenvalue weighted by Gasteiger charge is -2.40. The minimum Gasteiger partial charge on any atom is -0.336 e. The van der Waals surface area contributed by atoms with Crippen molar-refractivity contribution in [2.45, 2.75) is 20.3 Å². The average Bonchev–Trinajstić information content (AvgIpc) is 2.61. The number of carbonyl (C=O) groups excluding carboxylic acids is 1. The minimum atomic E-state index is -3.47. The fourth-order valence-corrected chi connectivity index (χ4v) is 5.94. The summed E-state index contributed by atoms with van der Waals surface area (Å²) >= 11 is 6.11. The molecule has 0 unspecified atom stereocenters. The monoisotopic (exact) mass is 399 g/mol. The normalized spacial score (nSPS) is 26.0. The molecule has 1 aromatic carbocycles. The fourth-order valence-electron chi connectivity index (χ4n) is 3.88. The predicted octanol–water partition coefficient (Wildman–Crippen LogP) is 2.32. The lowest BCUT2D eigenvalue weighted by Crippen LogP contribution is -2.56. The van der Waals surface area contributed by atoms with Crippen LogP contribution in [0.15, 0.2) is 24.3 Å². The Morgan fingerprint density at radius 2 is 1.58 bits per heavy atom. The van der Waals surface area contributed by atoms with E-state index in [0.717, 1.165) is 6.42 Å². The largest absolute Gasteiger partial charge is 0.336 e. The highest BCUT2D eigenvalue weighted by molar-refractivity contribution is 7.86. The maximum atomic E-state index is 13.0. The van der Waals surface area contributed by atoms with E-state index < -0.39 is 10.2 Å². The second kappa shape index (κ2) is 7.84. The first-order valence-electron chi connectivity index (χ1n) is 9.08. The molecule has 2 aliphatic rings. The third-order valence-electron chi connectivity index (χ3n) is 5.12. The van der Waals surface area contributed by atoms with Crippen molar-refractivity contribution >= 4 is 27.7 Å². The first kappa shape index (κ1) is 19.6. The molecule has 0 spiro atoms. The summed E-state index contributed by atoms with van der Waals surface area (Å²) in [6.45, 7) is 6.73. The van der Waals surface area contributed by atoms with E-state index in [1.54, 1.807) is 33.5 Å². The number of nitrogens with zero attached hydrogens (tertiary/aromatic N) is 3. The van der Waals surface area contributed by atoms with Crippen molar-refractivity contribution in [3.05, 3.63) is 34.9 Å². The Bertz CT molecular complexity index is 753. The van der Waals surface area contributed by atoms with Gasteiger partial charge in [0, 0.05) is 39.3 Å². The first-order chi connectivity index (χ1) is 12.3. The zero-order valence-corrected chi connectivity index (χ0v) is 16.8. The highest BCUT2D eigenvalue weighted by Gasteiger charge is 2.37. The summed E-state index contributed by atoms with van der Waals surface area (Å²) < 4.78 is 29.0. The molecule has 6 nitrogen and oxygen atoms in total. The van der Waals surface area contributed by atoms with Gasteiger partial charge in [0.1, 0.15) is 0 Å². The molecular formula is C18H26ClN3O3S. The molecule has 2 heterocycles. The first-order valence-corrected chi connectivity index (χ1v) is 10.9. The minimum absolute atomic E-state index is 0.145. The molecule has 1 amide bonds. The van der Waals surface area contributed by atoms with E-state index in [4.69, 9.17) is 11.6 Å². The van der Waals surface area contributed by atoms with E-state index in [-0.39, 0.29) is 5.91 Å². The van der Waals surface area contributed by atoms with Crippen LogP contribution in [0.3, 0.4) is 0 Å². The molecule has 0 aromatic heterocycles. The maximum Gasteiger partial charge on any atom is 0.282 e. The van der Waals surface area contributed by atoms with Gasteiger partial charge in [-0.25, -0.2) is 0 Å². The van der Waals surface area contributed by atoms with E-state index in [9.17, 15) is 13.2 Å². The highest BCUT2D eigenvalue weighted by Crippen LogP contribution is 2.25. The molecule has 144 valence electrons. The van der Waals surface area contributed by atoms with Crippen LogP contribution in [-0.4, -0.2) is 67.1 Å². The third kappa shape index (κ3) is 4.06. The summed E-state index contributed by atoms with van der Waals surface area (Å²) in [5.74, 6) is 0.598. The van der Waals surface area contributed by atoms with Gasteiger partial charge in [0.2, 0.25) is 0 Å². The Labute approximate surface area is 160 Å². The Balaban J connectivity index is 1.64. The molecule has 2 fully saturated rings. The van der Waals surface area contributed by atoms with Gasteiger partial charge in [-0.2, -0.15) is 17.0 Å². The van der Waals surface area contributed by atoms with Gasteiger partial charge in [-0.1, -0.05) is 37.6 Å². The van der Waals surface area contributed by atoms with E-state index >= 15 is 0 Å². The van der Waals surface area contributed by atoms with Crippen LogP contribution >= 0.6 is 11.6 Å². The predicted molar refractivity (Wildman–Crippen MR) is 102 cm³/mol. The van der Waals surface area contributed by atoms with E-state index in [1.165, 1.54) is 4.31 Å². The summed E-state index contributed by atoms with van der Waals surface area (Å²) in [5, 5.41) is 0.420. The Morgan fingerprint density at radius 1 is 1.00 bits per heavy atom. The van der Waals surface area contributed by atoms with Crippen LogP contribution in [0.5, 0.6) is 0 Å². The number of hydrogen-bond acceptors (Lipinski definition) is 3. The van der Waals surface area contributed by atoms with Crippen molar-refractivity contribution in [3.8, 4) is 0 Å². The molecule has 8 heteroatoms. The summed E-state index contributed by atoms with van der Waals surface area (Å²) in [5.41, 5.74) is 0.462. The van der Waals surface area contributed by atoms with Gasteiger partial charge in [-0.3, -0.25) is 4.79 Å². The molecule has 0 radical (unpaired) electrons. The van der Waals surface area contributed by atoms with Crippen LogP contribution in [0, 0.1) is 11.8 Å². The van der Waals surface area contributed by atoms with Crippen molar-refractivity contribution in [2.75, 3.05) is 39.3 Å². The van der Waals surface area contributed by atoms with Crippen LogP contribution in [0.1, 0.15) is 30.6 Å². The molecule has 2 aliphatic heterocycles. The second-order valence-corrected chi connectivity index (χ2v) is 9.78. The van der Waals surface area contributed by atoms with Gasteiger partial charge < -0.3 is 4.90 Å². The lowest BCUT2D eigenvalue weighted by molar-refractivity contribution is 0.0691. The van der Waals surface area contributed by atoms with Crippen molar-refractivity contribution in [1.29, 1.82) is 0 Å². The van der Waals surface area contributed by atoms with Crippen molar-refractivity contribution in [2.24, 2.45) is 11.8 Å². The molecule has 0 bridgehead atoms. The standard InChI is InChI=1S/C18H26ClN3O3S/c1-14-11-15(2)13-22(12-14)26(24,25)21-9-7-20(8-10-21)18(23)16-5-3-4-6-17(16)19/h3-6,14-15H,7-13H2,1-2H3/t14-,15+. The van der Waals surface area contributed by atoms with Crippen LogP contribution in [0.4, 0.5) is 0 Å². The lowest BCUT2D eigenvalue weighted by atomic mass is 9.94. The molecule has 26 heavy (non-hydrogen) atoms. The summed E-state index contributed by atoms with van der Waals surface area (Å²) in [6, 6.07) is 6.95. The zero-order valence-electron chi connectivity index (χ0n) is 15.3. The van der Waals surface area contributed by atoms with Crippen LogP contribution in [-0.2, 0) is 10.2 Å². The third-order valence-corrected chi connectivity index (χ3v) is 7.42. The molecule has 0 aliphatic carbocycles. The quantitative estimate of drug-likeness (QED) is 0.783. The molecule has 3 rings (SSSR count). The molecule has 0 saturated carbocycles. The number of benzene rings is 1. The van der Waals surface area contributed by atoms with Gasteiger partial charge in [0.15, 0.2) is 0 Å². The van der Waals surface area contributed by atoms with E-state index in [1.807, 2.05) is 0 Å². The maximum absolute atomic E-state index is 13.0. The van der Waals surface area contributed by atoms with Gasteiger partial charge in [0.05, 0.1) is 10.6 Å². The van der Waals surface area contributed by atoms with Crippen molar-refractivity contribution in [3.63, 3.8) is 0 Å². The van der Waals surface area contributed by atoms with Gasteiger partial charge in [0.25, 0.3) is 16.1 Å². The topological polar surface area (TPSA) is 60.9 Å². The number of halogens is 1. The SMILES string of the molecule is C[C@@H]1C[C@H](C)CN(S(=O)(=O)N2CCN(C(=O)c3ccccc3Cl)CC2)C1. The van der Waals surface area contributed by atoms with Crippen LogP contribution in [0.25, 0.3) is 0 Å².